The summed E-state index contributed by atoms with van der Waals surface area (Å²) in [6, 6.07) is -0.863. The Kier molecular flexibility index (Phi) is 70.5. The molecule has 89 heavy (non-hydrogen) atoms. The number of phosphoric acid groups is 1. The molecule has 0 saturated carbocycles. The van der Waals surface area contributed by atoms with Crippen molar-refractivity contribution in [2.45, 2.75) is 443 Å². The van der Waals surface area contributed by atoms with Gasteiger partial charge in [-0.3, -0.25) is 13.8 Å². The van der Waals surface area contributed by atoms with Gasteiger partial charge >= 0.3 is 7.82 Å². The fraction of sp³-hybridized carbons (Fsp3) is 0.938. The van der Waals surface area contributed by atoms with Gasteiger partial charge < -0.3 is 19.8 Å². The molecule has 1 amide bonds. The standard InChI is InChI=1S/C80H159N2O6P/c1-6-8-10-12-14-16-18-20-22-24-26-28-30-32-34-36-38-40-41-42-44-46-48-50-52-54-56-58-60-62-64-66-68-70-72-74-80(84)81-78(77-88-89(85,86)87-76-75-82(3,4)5)79(83)73-71-69-67-65-63-61-59-57-55-53-51-49-47-45-43-39-37-35-33-31-29-27-25-23-21-19-17-15-13-11-9-7-2/h63,65,71,73,78-79,83H,6-62,64,66-70,72,74-77H2,1-5H3,(H-,81,84,85,86)/p+1/b65-63+,73-71+. The number of phosphoric ester groups is 1. The number of likely N-dealkylation sites (N-methyl/N-ethyl adjacent to an activating group) is 1. The van der Waals surface area contributed by atoms with Crippen molar-refractivity contribution in [1.29, 1.82) is 0 Å². The summed E-state index contributed by atoms with van der Waals surface area (Å²) in [4.78, 5) is 23.5. The first kappa shape index (κ1) is 88.0. The van der Waals surface area contributed by atoms with Crippen LogP contribution in [0.2, 0.25) is 0 Å². The molecule has 0 aromatic carbocycles. The molecule has 0 rings (SSSR count). The van der Waals surface area contributed by atoms with Gasteiger partial charge in [0.15, 0.2) is 0 Å². The van der Waals surface area contributed by atoms with E-state index in [0.29, 0.717) is 17.4 Å². The summed E-state index contributed by atoms with van der Waals surface area (Å²) in [7, 11) is 1.58. The predicted molar refractivity (Wildman–Crippen MR) is 392 cm³/mol. The highest BCUT2D eigenvalue weighted by atomic mass is 31.2. The largest absolute Gasteiger partial charge is 0.472 e. The van der Waals surface area contributed by atoms with Crippen LogP contribution in [0.1, 0.15) is 431 Å². The molecule has 3 N–H and O–H groups in total. The first-order valence-corrected chi connectivity index (χ1v) is 41.7. The number of hydrogen-bond acceptors (Lipinski definition) is 5. The topological polar surface area (TPSA) is 105 Å². The summed E-state index contributed by atoms with van der Waals surface area (Å²) in [5, 5.41) is 14.0. The van der Waals surface area contributed by atoms with Crippen LogP contribution in [0, 0.1) is 0 Å². The zero-order valence-corrected chi connectivity index (χ0v) is 61.9. The molecule has 0 saturated heterocycles. The van der Waals surface area contributed by atoms with Crippen LogP contribution in [0.25, 0.3) is 0 Å². The molecule has 530 valence electrons. The van der Waals surface area contributed by atoms with Gasteiger partial charge in [0.05, 0.1) is 39.9 Å². The van der Waals surface area contributed by atoms with E-state index in [4.69, 9.17) is 9.05 Å². The molecule has 0 aliphatic carbocycles. The van der Waals surface area contributed by atoms with Crippen LogP contribution < -0.4 is 5.32 Å². The Morgan fingerprint density at radius 2 is 0.618 bits per heavy atom. The number of carbonyl (C=O) groups excluding carboxylic acids is 1. The third-order valence-electron chi connectivity index (χ3n) is 18.9. The second kappa shape index (κ2) is 71.3. The number of aliphatic hydroxyl groups is 1. The van der Waals surface area contributed by atoms with Gasteiger partial charge in [0, 0.05) is 6.42 Å². The normalized spacial score (nSPS) is 13.6. The average Bonchev–Trinajstić information content (AvgIpc) is 3.62. The molecule has 0 aromatic heterocycles. The molecule has 0 aliphatic rings. The molecular weight excluding hydrogens is 1120 g/mol. The highest BCUT2D eigenvalue weighted by molar-refractivity contribution is 7.47. The Bertz CT molecular complexity index is 1500. The molecule has 0 fully saturated rings. The van der Waals surface area contributed by atoms with Crippen LogP contribution in [0.4, 0.5) is 0 Å². The summed E-state index contributed by atoms with van der Waals surface area (Å²) >= 11 is 0. The summed E-state index contributed by atoms with van der Waals surface area (Å²) in [5.41, 5.74) is 0. The summed E-state index contributed by atoms with van der Waals surface area (Å²) in [6.45, 7) is 4.87. The first-order valence-electron chi connectivity index (χ1n) is 40.2. The fourth-order valence-electron chi connectivity index (χ4n) is 12.7. The van der Waals surface area contributed by atoms with Gasteiger partial charge in [-0.2, -0.15) is 0 Å². The van der Waals surface area contributed by atoms with Crippen molar-refractivity contribution < 1.29 is 32.9 Å². The second-order valence-electron chi connectivity index (χ2n) is 29.2. The Morgan fingerprint density at radius 1 is 0.371 bits per heavy atom. The monoisotopic (exact) mass is 1280 g/mol. The zero-order valence-electron chi connectivity index (χ0n) is 61.0. The van der Waals surface area contributed by atoms with E-state index in [1.54, 1.807) is 6.08 Å². The zero-order chi connectivity index (χ0) is 64.8. The van der Waals surface area contributed by atoms with Gasteiger partial charge in [0.25, 0.3) is 0 Å². The lowest BCUT2D eigenvalue weighted by Gasteiger charge is -2.25. The number of rotatable bonds is 76. The van der Waals surface area contributed by atoms with Crippen LogP contribution in [-0.2, 0) is 18.4 Å². The summed E-state index contributed by atoms with van der Waals surface area (Å²) in [5.74, 6) is -0.176. The molecule has 0 bridgehead atoms. The van der Waals surface area contributed by atoms with Crippen LogP contribution in [-0.4, -0.2) is 73.4 Å². The molecule has 9 heteroatoms. The van der Waals surface area contributed by atoms with E-state index >= 15 is 0 Å². The van der Waals surface area contributed by atoms with Gasteiger partial charge in [0.1, 0.15) is 13.2 Å². The highest BCUT2D eigenvalue weighted by Crippen LogP contribution is 2.43. The predicted octanol–water partition coefficient (Wildman–Crippen LogP) is 26.2. The van der Waals surface area contributed by atoms with Gasteiger partial charge in [-0.25, -0.2) is 4.57 Å². The number of hydrogen-bond donors (Lipinski definition) is 3. The van der Waals surface area contributed by atoms with E-state index in [1.807, 2.05) is 27.2 Å². The van der Waals surface area contributed by atoms with E-state index in [2.05, 4.69) is 31.3 Å². The molecular formula is C80H160N2O6P+. The fourth-order valence-corrected chi connectivity index (χ4v) is 13.5. The number of aliphatic hydroxyl groups excluding tert-OH is 1. The van der Waals surface area contributed by atoms with Crippen LogP contribution in [0.3, 0.4) is 0 Å². The highest BCUT2D eigenvalue weighted by Gasteiger charge is 2.28. The van der Waals surface area contributed by atoms with Gasteiger partial charge in [-0.05, 0) is 32.1 Å². The van der Waals surface area contributed by atoms with Gasteiger partial charge in [0.2, 0.25) is 5.91 Å². The van der Waals surface area contributed by atoms with Crippen LogP contribution in [0.15, 0.2) is 24.3 Å². The molecule has 0 radical (unpaired) electrons. The van der Waals surface area contributed by atoms with Crippen molar-refractivity contribution in [2.75, 3.05) is 40.9 Å². The summed E-state index contributed by atoms with van der Waals surface area (Å²) < 4.78 is 23.9. The quantitative estimate of drug-likeness (QED) is 0.0243. The SMILES string of the molecule is CCCCCCCCCCCCCCCCCCCCCCCCCCCC/C=C/CC/C=C/C(O)C(COP(=O)(O)OCC[N+](C)(C)C)NC(=O)CCCCCCCCCCCCCCCCCCCCCCCCCCCCCCCCCCCCC. The van der Waals surface area contributed by atoms with E-state index in [0.717, 1.165) is 38.5 Å². The number of allylic oxidation sites excluding steroid dienone is 3. The molecule has 0 aromatic rings. The van der Waals surface area contributed by atoms with Crippen molar-refractivity contribution in [3.05, 3.63) is 24.3 Å². The lowest BCUT2D eigenvalue weighted by molar-refractivity contribution is -0.870. The molecule has 0 heterocycles. The Hall–Kier alpha value is -1.02. The molecule has 3 unspecified atom stereocenters. The lowest BCUT2D eigenvalue weighted by atomic mass is 10.0. The van der Waals surface area contributed by atoms with Crippen molar-refractivity contribution in [3.63, 3.8) is 0 Å². The lowest BCUT2D eigenvalue weighted by Crippen LogP contribution is -2.45. The van der Waals surface area contributed by atoms with Crippen molar-refractivity contribution in [2.24, 2.45) is 0 Å². The van der Waals surface area contributed by atoms with E-state index in [9.17, 15) is 19.4 Å². The maximum Gasteiger partial charge on any atom is 0.472 e. The molecule has 0 aliphatic heterocycles. The van der Waals surface area contributed by atoms with Crippen molar-refractivity contribution >= 4 is 13.7 Å². The van der Waals surface area contributed by atoms with Crippen LogP contribution in [0.5, 0.6) is 0 Å². The average molecular weight is 1280 g/mol. The van der Waals surface area contributed by atoms with E-state index in [-0.39, 0.29) is 19.1 Å². The van der Waals surface area contributed by atoms with E-state index < -0.39 is 20.0 Å². The van der Waals surface area contributed by atoms with Crippen molar-refractivity contribution in [3.8, 4) is 0 Å². The van der Waals surface area contributed by atoms with Crippen LogP contribution >= 0.6 is 7.82 Å². The van der Waals surface area contributed by atoms with Gasteiger partial charge in [-0.1, -0.05) is 417 Å². The number of nitrogens with zero attached hydrogens (tertiary/aromatic N) is 1. The smallest absolute Gasteiger partial charge is 0.387 e. The molecule has 0 spiro atoms. The minimum Gasteiger partial charge on any atom is -0.387 e. The Balaban J connectivity index is 3.96. The van der Waals surface area contributed by atoms with Crippen molar-refractivity contribution in [1.82, 2.24) is 5.32 Å². The van der Waals surface area contributed by atoms with E-state index in [1.165, 1.54) is 372 Å². The number of quaternary nitrogens is 1. The number of nitrogens with one attached hydrogen (secondary N) is 1. The third-order valence-corrected chi connectivity index (χ3v) is 19.9. The minimum atomic E-state index is -4.36. The molecule has 8 nitrogen and oxygen atoms in total. The first-order chi connectivity index (χ1) is 43.5. The second-order valence-corrected chi connectivity index (χ2v) is 30.6. The minimum absolute atomic E-state index is 0.0593. The maximum atomic E-state index is 13.1. The molecule has 3 atom stereocenters. The number of carbonyl (C=O) groups is 1. The Labute approximate surface area is 557 Å². The maximum absolute atomic E-state index is 13.1. The Morgan fingerprint density at radius 3 is 0.899 bits per heavy atom. The van der Waals surface area contributed by atoms with Gasteiger partial charge in [-0.15, -0.1) is 0 Å². The summed E-state index contributed by atoms with van der Waals surface area (Å²) in [6.07, 6.45) is 95.3. The number of unbranched alkanes of at least 4 members (excludes halogenated alkanes) is 61. The number of amides is 1. The third kappa shape index (κ3) is 74.2.